The summed E-state index contributed by atoms with van der Waals surface area (Å²) in [4.78, 5) is 30.2. The van der Waals surface area contributed by atoms with Crippen molar-refractivity contribution in [3.63, 3.8) is 0 Å². The van der Waals surface area contributed by atoms with Crippen LogP contribution in [0.1, 0.15) is 32.8 Å². The molecule has 6 nitrogen and oxygen atoms in total. The molecule has 1 saturated heterocycles. The predicted octanol–water partition coefficient (Wildman–Crippen LogP) is 2.09. The monoisotopic (exact) mass is 398 g/mol. The van der Waals surface area contributed by atoms with Gasteiger partial charge < -0.3 is 11.1 Å². The molecule has 2 heterocycles. The maximum atomic E-state index is 12.5. The molecule has 2 amide bonds. The lowest BCUT2D eigenvalue weighted by atomic mass is 10.1. The van der Waals surface area contributed by atoms with Gasteiger partial charge in [-0.2, -0.15) is 0 Å². The fourth-order valence-corrected chi connectivity index (χ4v) is 5.38. The SMILES string of the molecule is NC(=O)c1c(NC(=O)CN2CCN(Cc3ccccc3)CC2)sc2c1CCC2. The molecule has 148 valence electrons. The van der Waals surface area contributed by atoms with Crippen molar-refractivity contribution in [2.24, 2.45) is 5.73 Å². The molecule has 28 heavy (non-hydrogen) atoms. The summed E-state index contributed by atoms with van der Waals surface area (Å²) < 4.78 is 0. The Morgan fingerprint density at radius 3 is 2.46 bits per heavy atom. The number of hydrogen-bond acceptors (Lipinski definition) is 5. The zero-order valence-electron chi connectivity index (χ0n) is 15.9. The molecule has 1 aromatic carbocycles. The Morgan fingerprint density at radius 2 is 1.75 bits per heavy atom. The second kappa shape index (κ2) is 8.43. The third-order valence-electron chi connectivity index (χ3n) is 5.50. The van der Waals surface area contributed by atoms with Crippen LogP contribution in [0.15, 0.2) is 30.3 Å². The third-order valence-corrected chi connectivity index (χ3v) is 6.71. The first-order chi connectivity index (χ1) is 13.6. The van der Waals surface area contributed by atoms with Gasteiger partial charge in [0, 0.05) is 37.6 Å². The molecular weight excluding hydrogens is 372 g/mol. The number of aryl methyl sites for hydroxylation is 1. The number of carbonyl (C=O) groups is 2. The van der Waals surface area contributed by atoms with Crippen LogP contribution >= 0.6 is 11.3 Å². The summed E-state index contributed by atoms with van der Waals surface area (Å²) in [5, 5.41) is 3.57. The highest BCUT2D eigenvalue weighted by Crippen LogP contribution is 2.38. The number of hydrogen-bond donors (Lipinski definition) is 2. The van der Waals surface area contributed by atoms with E-state index in [1.54, 1.807) is 0 Å². The molecule has 0 atom stereocenters. The number of thiophene rings is 1. The number of nitrogens with zero attached hydrogens (tertiary/aromatic N) is 2. The van der Waals surface area contributed by atoms with Crippen molar-refractivity contribution >= 4 is 28.2 Å². The first kappa shape index (κ1) is 19.1. The highest BCUT2D eigenvalue weighted by Gasteiger charge is 2.27. The molecule has 3 N–H and O–H groups in total. The standard InChI is InChI=1S/C21H26N4O2S/c22-20(27)19-16-7-4-8-17(16)28-21(19)23-18(26)14-25-11-9-24(10-12-25)13-15-5-2-1-3-6-15/h1-3,5-6H,4,7-14H2,(H2,22,27)(H,23,26). The van der Waals surface area contributed by atoms with Gasteiger partial charge in [0.2, 0.25) is 5.91 Å². The van der Waals surface area contributed by atoms with Gasteiger partial charge >= 0.3 is 0 Å². The van der Waals surface area contributed by atoms with Crippen molar-refractivity contribution in [1.29, 1.82) is 0 Å². The average Bonchev–Trinajstić information content (AvgIpc) is 3.24. The number of nitrogens with two attached hydrogens (primary N) is 1. The van der Waals surface area contributed by atoms with E-state index in [-0.39, 0.29) is 5.91 Å². The van der Waals surface area contributed by atoms with E-state index in [1.807, 2.05) is 6.07 Å². The van der Waals surface area contributed by atoms with Crippen molar-refractivity contribution in [2.75, 3.05) is 38.0 Å². The second-order valence-electron chi connectivity index (χ2n) is 7.51. The van der Waals surface area contributed by atoms with Crippen LogP contribution < -0.4 is 11.1 Å². The summed E-state index contributed by atoms with van der Waals surface area (Å²) in [6, 6.07) is 10.5. The van der Waals surface area contributed by atoms with Gasteiger partial charge in [0.15, 0.2) is 0 Å². The number of benzene rings is 1. The molecule has 0 spiro atoms. The first-order valence-corrected chi connectivity index (χ1v) is 10.6. The molecule has 4 rings (SSSR count). The number of anilines is 1. The molecule has 0 saturated carbocycles. The number of primary amides is 1. The number of amides is 2. The van der Waals surface area contributed by atoms with E-state index in [0.29, 0.717) is 17.1 Å². The van der Waals surface area contributed by atoms with Crippen LogP contribution in [-0.4, -0.2) is 54.3 Å². The van der Waals surface area contributed by atoms with Crippen molar-refractivity contribution in [3.8, 4) is 0 Å². The Morgan fingerprint density at radius 1 is 1.04 bits per heavy atom. The summed E-state index contributed by atoms with van der Waals surface area (Å²) >= 11 is 1.51. The van der Waals surface area contributed by atoms with E-state index < -0.39 is 5.91 Å². The minimum atomic E-state index is -0.441. The number of rotatable bonds is 6. The summed E-state index contributed by atoms with van der Waals surface area (Å²) in [7, 11) is 0. The fraction of sp³-hybridized carbons (Fsp3) is 0.429. The van der Waals surface area contributed by atoms with Crippen LogP contribution in [-0.2, 0) is 24.2 Å². The molecule has 0 bridgehead atoms. The largest absolute Gasteiger partial charge is 0.365 e. The van der Waals surface area contributed by atoms with Crippen LogP contribution in [0.4, 0.5) is 5.00 Å². The Hall–Kier alpha value is -2.22. The molecule has 0 radical (unpaired) electrons. The third kappa shape index (κ3) is 4.27. The topological polar surface area (TPSA) is 78.7 Å². The number of nitrogens with one attached hydrogen (secondary N) is 1. The Balaban J connectivity index is 1.29. The van der Waals surface area contributed by atoms with E-state index in [2.05, 4.69) is 39.4 Å². The van der Waals surface area contributed by atoms with E-state index in [0.717, 1.165) is 57.5 Å². The van der Waals surface area contributed by atoms with Crippen LogP contribution in [0.25, 0.3) is 0 Å². The molecule has 2 aliphatic rings. The maximum absolute atomic E-state index is 12.5. The quantitative estimate of drug-likeness (QED) is 0.781. The summed E-state index contributed by atoms with van der Waals surface area (Å²) in [5.41, 5.74) is 8.46. The Bertz CT molecular complexity index is 857. The van der Waals surface area contributed by atoms with Crippen LogP contribution in [0.5, 0.6) is 0 Å². The fourth-order valence-electron chi connectivity index (χ4n) is 4.07. The van der Waals surface area contributed by atoms with Crippen LogP contribution in [0.3, 0.4) is 0 Å². The smallest absolute Gasteiger partial charge is 0.251 e. The average molecular weight is 399 g/mol. The van der Waals surface area contributed by atoms with Gasteiger partial charge in [-0.15, -0.1) is 11.3 Å². The molecule has 0 unspecified atom stereocenters. The van der Waals surface area contributed by atoms with Gasteiger partial charge in [-0.05, 0) is 30.4 Å². The van der Waals surface area contributed by atoms with Crippen molar-refractivity contribution in [2.45, 2.75) is 25.8 Å². The van der Waals surface area contributed by atoms with E-state index >= 15 is 0 Å². The minimum absolute atomic E-state index is 0.0704. The van der Waals surface area contributed by atoms with E-state index in [1.165, 1.54) is 21.8 Å². The Labute approximate surface area is 169 Å². The van der Waals surface area contributed by atoms with Gasteiger partial charge in [-0.3, -0.25) is 19.4 Å². The summed E-state index contributed by atoms with van der Waals surface area (Å²) in [5.74, 6) is -0.511. The highest BCUT2D eigenvalue weighted by atomic mass is 32.1. The summed E-state index contributed by atoms with van der Waals surface area (Å²) in [6.07, 6.45) is 2.91. The molecule has 7 heteroatoms. The normalized spacial score (nSPS) is 17.4. The number of fused-ring (bicyclic) bond motifs is 1. The van der Waals surface area contributed by atoms with Gasteiger partial charge in [-0.25, -0.2) is 0 Å². The van der Waals surface area contributed by atoms with Crippen molar-refractivity contribution < 1.29 is 9.59 Å². The zero-order chi connectivity index (χ0) is 19.5. The van der Waals surface area contributed by atoms with Crippen molar-refractivity contribution in [1.82, 2.24) is 9.80 Å². The molecular formula is C21H26N4O2S. The summed E-state index contributed by atoms with van der Waals surface area (Å²) in [6.45, 7) is 4.92. The number of carbonyl (C=O) groups excluding carboxylic acids is 2. The predicted molar refractivity (Wildman–Crippen MR) is 112 cm³/mol. The van der Waals surface area contributed by atoms with Crippen LogP contribution in [0.2, 0.25) is 0 Å². The molecule has 1 aliphatic heterocycles. The van der Waals surface area contributed by atoms with Crippen molar-refractivity contribution in [3.05, 3.63) is 51.9 Å². The molecule has 2 aromatic rings. The van der Waals surface area contributed by atoms with E-state index in [4.69, 9.17) is 5.73 Å². The van der Waals surface area contributed by atoms with Crippen LogP contribution in [0, 0.1) is 0 Å². The lowest BCUT2D eigenvalue weighted by Gasteiger charge is -2.34. The van der Waals surface area contributed by atoms with Gasteiger partial charge in [0.25, 0.3) is 5.91 Å². The van der Waals surface area contributed by atoms with E-state index in [9.17, 15) is 9.59 Å². The zero-order valence-corrected chi connectivity index (χ0v) is 16.8. The lowest BCUT2D eigenvalue weighted by molar-refractivity contribution is -0.117. The molecule has 1 aromatic heterocycles. The number of piperazine rings is 1. The lowest BCUT2D eigenvalue weighted by Crippen LogP contribution is -2.48. The maximum Gasteiger partial charge on any atom is 0.251 e. The molecule has 1 fully saturated rings. The van der Waals surface area contributed by atoms with Gasteiger partial charge in [0.05, 0.1) is 12.1 Å². The minimum Gasteiger partial charge on any atom is -0.365 e. The van der Waals surface area contributed by atoms with Gasteiger partial charge in [0.1, 0.15) is 5.00 Å². The van der Waals surface area contributed by atoms with Gasteiger partial charge in [-0.1, -0.05) is 30.3 Å². The second-order valence-corrected chi connectivity index (χ2v) is 8.62. The Kier molecular flexibility index (Phi) is 5.75. The highest BCUT2D eigenvalue weighted by molar-refractivity contribution is 7.17. The first-order valence-electron chi connectivity index (χ1n) is 9.83. The molecule has 1 aliphatic carbocycles.